The van der Waals surface area contributed by atoms with Gasteiger partial charge in [0.15, 0.2) is 0 Å². The van der Waals surface area contributed by atoms with Crippen LogP contribution in [0.2, 0.25) is 0 Å². The van der Waals surface area contributed by atoms with E-state index >= 15 is 0 Å². The summed E-state index contributed by atoms with van der Waals surface area (Å²) in [6.07, 6.45) is 0. The minimum absolute atomic E-state index is 0.889. The summed E-state index contributed by atoms with van der Waals surface area (Å²) in [5, 5.41) is 6.50. The molecule has 2 nitrogen and oxygen atoms in total. The van der Waals surface area contributed by atoms with E-state index in [1.807, 2.05) is 0 Å². The van der Waals surface area contributed by atoms with Gasteiger partial charge in [0, 0.05) is 6.57 Å². The molecular weight excluding hydrogens is 237 g/mol. The quantitative estimate of drug-likeness (QED) is 0.596. The Hall–Kier alpha value is -0.0217. The van der Waals surface area contributed by atoms with Gasteiger partial charge in [-0.1, -0.05) is 0 Å². The van der Waals surface area contributed by atoms with Gasteiger partial charge in [-0.05, 0) is 0 Å². The molecule has 0 bridgehead atoms. The molecule has 0 fully saturated rings. The first kappa shape index (κ1) is 9.02. The number of hydrogen-bond donors (Lipinski definition) is 0. The van der Waals surface area contributed by atoms with Gasteiger partial charge in [0.1, 0.15) is 0 Å². The van der Waals surface area contributed by atoms with Crippen LogP contribution in [0.3, 0.4) is 0 Å². The van der Waals surface area contributed by atoms with Gasteiger partial charge in [-0.2, -0.15) is 0 Å². The van der Waals surface area contributed by atoms with Crippen LogP contribution in [0.1, 0.15) is 0 Å². The van der Waals surface area contributed by atoms with Crippen LogP contribution < -0.4 is 0 Å². The van der Waals surface area contributed by atoms with E-state index in [2.05, 4.69) is 6.57 Å². The molecule has 0 saturated carbocycles. The van der Waals surface area contributed by atoms with E-state index in [0.717, 1.165) is 19.8 Å². The molecular formula is CHNOPt. The first-order valence-electron chi connectivity index (χ1n) is 0.387. The van der Waals surface area contributed by atoms with E-state index < -0.39 is 0 Å². The van der Waals surface area contributed by atoms with Crippen molar-refractivity contribution in [1.82, 2.24) is 0 Å². The molecule has 0 aliphatic rings. The molecule has 0 unspecified atom stereocenters. The molecule has 0 radical (unpaired) electrons. The van der Waals surface area contributed by atoms with Gasteiger partial charge in [-0.25, -0.2) is 5.26 Å². The second kappa shape index (κ2) is 24800. The molecule has 0 N–H and O–H groups in total. The van der Waals surface area contributed by atoms with Crippen molar-refractivity contribution in [3.8, 4) is 6.57 Å². The molecule has 3 heteroatoms. The van der Waals surface area contributed by atoms with Crippen LogP contribution >= 0.6 is 0 Å². The minimum atomic E-state index is 0.889. The number of rotatable bonds is 0. The third-order valence-electron chi connectivity index (χ3n) is 0. The van der Waals surface area contributed by atoms with Crippen LogP contribution in [0.25, 0.3) is 0 Å². The molecule has 0 rings (SSSR count). The Morgan fingerprint density at radius 3 is 1.50 bits per heavy atom. The van der Waals surface area contributed by atoms with Crippen molar-refractivity contribution >= 4 is 0 Å². The SMILES string of the molecule is C#N.[O]=[Pt]. The molecule has 26 valence electrons. The topological polar surface area (TPSA) is 40.9 Å². The van der Waals surface area contributed by atoms with Crippen molar-refractivity contribution in [2.24, 2.45) is 0 Å². The fourth-order valence-electron chi connectivity index (χ4n) is 0. The van der Waals surface area contributed by atoms with Crippen LogP contribution in [-0.2, 0) is 23.2 Å². The summed E-state index contributed by atoms with van der Waals surface area (Å²) in [6.45, 7) is 3.50. The Morgan fingerprint density at radius 2 is 1.50 bits per heavy atom. The predicted molar refractivity (Wildman–Crippen MR) is 7.36 cm³/mol. The molecule has 0 saturated heterocycles. The van der Waals surface area contributed by atoms with E-state index in [0.29, 0.717) is 0 Å². The van der Waals surface area contributed by atoms with Gasteiger partial charge in [0.05, 0.1) is 0 Å². The van der Waals surface area contributed by atoms with Crippen LogP contribution in [-0.4, -0.2) is 0 Å². The summed E-state index contributed by atoms with van der Waals surface area (Å²) >= 11 is 0.889. The molecule has 0 heterocycles. The van der Waals surface area contributed by atoms with Gasteiger partial charge in [0.2, 0.25) is 0 Å². The van der Waals surface area contributed by atoms with Crippen molar-refractivity contribution in [3.05, 3.63) is 0 Å². The van der Waals surface area contributed by atoms with E-state index in [9.17, 15) is 0 Å². The van der Waals surface area contributed by atoms with Crippen LogP contribution in [0, 0.1) is 11.8 Å². The number of nitriles is 1. The molecule has 0 amide bonds. The Kier molecular flexibility index (Phi) is 55900. The van der Waals surface area contributed by atoms with Crippen molar-refractivity contribution in [3.63, 3.8) is 0 Å². The predicted octanol–water partition coefficient (Wildman–Crippen LogP) is 0.0185. The van der Waals surface area contributed by atoms with Crippen molar-refractivity contribution in [2.75, 3.05) is 0 Å². The fourth-order valence-corrected chi connectivity index (χ4v) is 0. The fraction of sp³-hybridized carbons (Fsp3) is 0. The Labute approximate surface area is 35.6 Å². The standard InChI is InChI=1S/CHN.O.Pt/c1-2;;/h1H;;. The molecule has 0 aromatic heterocycles. The van der Waals surface area contributed by atoms with Gasteiger partial charge < -0.3 is 0 Å². The summed E-state index contributed by atoms with van der Waals surface area (Å²) in [5.41, 5.74) is 0. The van der Waals surface area contributed by atoms with Gasteiger partial charge in [0.25, 0.3) is 0 Å². The maximum absolute atomic E-state index is 8.22. The van der Waals surface area contributed by atoms with E-state index in [4.69, 9.17) is 8.66 Å². The molecule has 0 spiro atoms. The summed E-state index contributed by atoms with van der Waals surface area (Å²) in [5.74, 6) is 0. The average molecular weight is 238 g/mol. The Bertz CT molecular complexity index is 19.2. The van der Waals surface area contributed by atoms with Gasteiger partial charge in [-0.15, -0.1) is 0 Å². The van der Waals surface area contributed by atoms with E-state index in [-0.39, 0.29) is 0 Å². The molecule has 0 aliphatic heterocycles. The van der Waals surface area contributed by atoms with Gasteiger partial charge >= 0.3 is 23.2 Å². The average Bonchev–Trinajstić information content (AvgIpc) is 1.50. The molecule has 0 aromatic carbocycles. The zero-order valence-corrected chi connectivity index (χ0v) is 4.02. The number of nitrogens with zero attached hydrogens (tertiary/aromatic N) is 1. The third-order valence-corrected chi connectivity index (χ3v) is 0. The Balaban J connectivity index is 0. The summed E-state index contributed by atoms with van der Waals surface area (Å²) in [6, 6.07) is 0. The zero-order valence-electron chi connectivity index (χ0n) is 1.75. The van der Waals surface area contributed by atoms with Crippen molar-refractivity contribution < 1.29 is 23.2 Å². The van der Waals surface area contributed by atoms with E-state index in [1.165, 1.54) is 0 Å². The normalized spacial score (nSPS) is 2.00. The second-order valence-electron chi connectivity index (χ2n) is 0. The Morgan fingerprint density at radius 1 is 1.50 bits per heavy atom. The maximum atomic E-state index is 8.22. The van der Waals surface area contributed by atoms with Crippen LogP contribution in [0.5, 0.6) is 0 Å². The molecule has 0 atom stereocenters. The molecule has 4 heavy (non-hydrogen) atoms. The monoisotopic (exact) mass is 238 g/mol. The van der Waals surface area contributed by atoms with Crippen LogP contribution in [0.15, 0.2) is 0 Å². The molecule has 0 aromatic rings. The van der Waals surface area contributed by atoms with Gasteiger partial charge in [-0.3, -0.25) is 0 Å². The first-order valence-corrected chi connectivity index (χ1v) is 1.31. The van der Waals surface area contributed by atoms with E-state index in [1.54, 1.807) is 0 Å². The zero-order chi connectivity index (χ0) is 4.00. The summed E-state index contributed by atoms with van der Waals surface area (Å²) in [7, 11) is 0. The second-order valence-corrected chi connectivity index (χ2v) is 0. The number of hydrogen-bond acceptors (Lipinski definition) is 2. The summed E-state index contributed by atoms with van der Waals surface area (Å²) in [4.78, 5) is 0. The summed E-state index contributed by atoms with van der Waals surface area (Å²) < 4.78 is 8.22. The third kappa shape index (κ3) is 4030. The van der Waals surface area contributed by atoms with Crippen molar-refractivity contribution in [2.45, 2.75) is 0 Å². The van der Waals surface area contributed by atoms with Crippen molar-refractivity contribution in [1.29, 1.82) is 5.26 Å². The molecule has 0 aliphatic carbocycles. The van der Waals surface area contributed by atoms with Crippen LogP contribution in [0.4, 0.5) is 0 Å². The first-order chi connectivity index (χ1) is 2.00.